The Kier molecular flexibility index (Phi) is 9.02. The maximum absolute atomic E-state index is 5.87. The summed E-state index contributed by atoms with van der Waals surface area (Å²) >= 11 is 5.87. The fourth-order valence-electron chi connectivity index (χ4n) is 3.42. The molecule has 0 aliphatic carbocycles. The van der Waals surface area contributed by atoms with E-state index in [0.717, 1.165) is 54.4 Å². The molecule has 0 bridgehead atoms. The molecule has 1 aliphatic rings. The fraction of sp³-hybridized carbons (Fsp3) is 0.304. The topological polar surface area (TPSA) is 71.7 Å². The molecule has 1 atom stereocenters. The molecule has 1 unspecified atom stereocenters. The number of para-hydroxylation sites is 1. The minimum atomic E-state index is 0. The van der Waals surface area contributed by atoms with E-state index in [0.29, 0.717) is 18.3 Å². The van der Waals surface area contributed by atoms with Crippen molar-refractivity contribution in [1.29, 1.82) is 0 Å². The Labute approximate surface area is 204 Å². The van der Waals surface area contributed by atoms with Gasteiger partial charge in [-0.25, -0.2) is 4.98 Å². The quantitative estimate of drug-likeness (QED) is 0.191. The lowest BCUT2D eigenvalue weighted by atomic mass is 10.0. The zero-order chi connectivity index (χ0) is 20.6. The number of aromatic nitrogens is 1. The lowest BCUT2D eigenvalue weighted by molar-refractivity contribution is 0.261. The summed E-state index contributed by atoms with van der Waals surface area (Å²) in [5, 5.41) is 7.53. The normalized spacial score (nSPS) is 15.4. The zero-order valence-electron chi connectivity index (χ0n) is 17.1. The minimum absolute atomic E-state index is 0. The molecule has 164 valence electrons. The molecule has 0 spiro atoms. The molecule has 2 aromatic heterocycles. The van der Waals surface area contributed by atoms with Crippen molar-refractivity contribution in [1.82, 2.24) is 15.6 Å². The van der Waals surface area contributed by atoms with Gasteiger partial charge in [-0.3, -0.25) is 4.99 Å². The number of benzene rings is 1. The van der Waals surface area contributed by atoms with E-state index >= 15 is 0 Å². The summed E-state index contributed by atoms with van der Waals surface area (Å²) in [6.07, 6.45) is 5.96. The third kappa shape index (κ3) is 6.87. The summed E-state index contributed by atoms with van der Waals surface area (Å²) < 4.78 is 11.2. The Morgan fingerprint density at radius 3 is 2.84 bits per heavy atom. The molecular weight excluding hydrogens is 527 g/mol. The number of ether oxygens (including phenoxy) is 1. The van der Waals surface area contributed by atoms with Gasteiger partial charge in [-0.1, -0.05) is 35.9 Å². The molecule has 1 aromatic carbocycles. The summed E-state index contributed by atoms with van der Waals surface area (Å²) in [7, 11) is 0. The molecule has 31 heavy (non-hydrogen) atoms. The first kappa shape index (κ1) is 23.4. The van der Waals surface area contributed by atoms with Crippen LogP contribution in [0.5, 0.6) is 5.75 Å². The molecule has 6 nitrogen and oxygen atoms in total. The van der Waals surface area contributed by atoms with Crippen molar-refractivity contribution in [3.05, 3.63) is 83.0 Å². The van der Waals surface area contributed by atoms with E-state index in [1.54, 1.807) is 12.5 Å². The van der Waals surface area contributed by atoms with Crippen LogP contribution in [0.3, 0.4) is 0 Å². The molecule has 3 aromatic rings. The van der Waals surface area contributed by atoms with Crippen molar-refractivity contribution in [2.45, 2.75) is 25.3 Å². The van der Waals surface area contributed by atoms with Crippen LogP contribution in [0.4, 0.5) is 0 Å². The number of aliphatic imine (C=N–C) groups is 1. The minimum Gasteiger partial charge on any atom is -0.493 e. The highest BCUT2D eigenvalue weighted by molar-refractivity contribution is 14.0. The first-order chi connectivity index (χ1) is 14.8. The summed E-state index contributed by atoms with van der Waals surface area (Å²) in [5.41, 5.74) is 2.28. The number of hydrogen-bond donors (Lipinski definition) is 2. The number of rotatable bonds is 7. The highest BCUT2D eigenvalue weighted by atomic mass is 127. The van der Waals surface area contributed by atoms with Crippen LogP contribution in [0.1, 0.15) is 29.3 Å². The highest BCUT2D eigenvalue weighted by Gasteiger charge is 2.21. The van der Waals surface area contributed by atoms with Gasteiger partial charge in [0.2, 0.25) is 0 Å². The number of halogens is 2. The Morgan fingerprint density at radius 1 is 1.13 bits per heavy atom. The van der Waals surface area contributed by atoms with Gasteiger partial charge in [0, 0.05) is 37.7 Å². The van der Waals surface area contributed by atoms with Crippen molar-refractivity contribution in [2.75, 3.05) is 19.7 Å². The Bertz CT molecular complexity index is 964. The molecule has 4 rings (SSSR count). The van der Waals surface area contributed by atoms with Gasteiger partial charge in [-0.15, -0.1) is 24.0 Å². The molecule has 0 fully saturated rings. The third-order valence-electron chi connectivity index (χ3n) is 4.97. The van der Waals surface area contributed by atoms with Gasteiger partial charge in [-0.05, 0) is 36.2 Å². The Morgan fingerprint density at radius 2 is 2.03 bits per heavy atom. The van der Waals surface area contributed by atoms with Crippen LogP contribution in [-0.4, -0.2) is 30.6 Å². The molecule has 8 heteroatoms. The first-order valence-electron chi connectivity index (χ1n) is 10.2. The van der Waals surface area contributed by atoms with E-state index in [2.05, 4.69) is 21.7 Å². The van der Waals surface area contributed by atoms with Gasteiger partial charge in [0.1, 0.15) is 16.7 Å². The van der Waals surface area contributed by atoms with E-state index in [9.17, 15) is 0 Å². The second-order valence-electron chi connectivity index (χ2n) is 7.10. The predicted octanol–water partition coefficient (Wildman–Crippen LogP) is 4.79. The number of nitrogens with zero attached hydrogens (tertiary/aromatic N) is 2. The van der Waals surface area contributed by atoms with E-state index in [1.165, 1.54) is 0 Å². The molecule has 3 heterocycles. The van der Waals surface area contributed by atoms with E-state index in [1.807, 2.05) is 42.5 Å². The zero-order valence-corrected chi connectivity index (χ0v) is 20.2. The number of hydrogen-bond acceptors (Lipinski definition) is 4. The van der Waals surface area contributed by atoms with Crippen LogP contribution in [0.25, 0.3) is 0 Å². The van der Waals surface area contributed by atoms with Gasteiger partial charge >= 0.3 is 0 Å². The van der Waals surface area contributed by atoms with Crippen LogP contribution in [0.2, 0.25) is 5.15 Å². The molecule has 0 amide bonds. The first-order valence-corrected chi connectivity index (χ1v) is 10.5. The Hall–Kier alpha value is -2.26. The van der Waals surface area contributed by atoms with Crippen LogP contribution >= 0.6 is 35.6 Å². The van der Waals surface area contributed by atoms with Gasteiger partial charge in [-0.2, -0.15) is 0 Å². The van der Waals surface area contributed by atoms with E-state index < -0.39 is 0 Å². The number of nitrogens with one attached hydrogen (secondary N) is 2. The van der Waals surface area contributed by atoms with Gasteiger partial charge in [0.25, 0.3) is 0 Å². The SMILES string of the molecule is Clc1ccc(CCNC(=NCCc2ccco2)NC2CCOc3ccccc32)cn1.I. The molecule has 0 saturated carbocycles. The molecular formula is C23H26ClIN4O2. The summed E-state index contributed by atoms with van der Waals surface area (Å²) in [5.74, 6) is 2.65. The number of pyridine rings is 1. The maximum Gasteiger partial charge on any atom is 0.191 e. The highest BCUT2D eigenvalue weighted by Crippen LogP contribution is 2.31. The Balaban J connectivity index is 0.00000272. The maximum atomic E-state index is 5.87. The van der Waals surface area contributed by atoms with Gasteiger partial charge in [0.05, 0.1) is 18.9 Å². The van der Waals surface area contributed by atoms with Crippen molar-refractivity contribution in [3.63, 3.8) is 0 Å². The van der Waals surface area contributed by atoms with E-state index in [4.69, 9.17) is 25.7 Å². The van der Waals surface area contributed by atoms with Crippen molar-refractivity contribution in [2.24, 2.45) is 4.99 Å². The van der Waals surface area contributed by atoms with Crippen LogP contribution in [0.15, 0.2) is 70.4 Å². The standard InChI is InChI=1S/C23H25ClN4O2.HI/c24-22-8-7-17(16-27-22)9-12-25-23(26-13-10-18-4-3-14-29-18)28-20-11-15-30-21-6-2-1-5-19(20)21;/h1-8,14,16,20H,9-13,15H2,(H2,25,26,28);1H. The van der Waals surface area contributed by atoms with Crippen LogP contribution in [0, 0.1) is 0 Å². The molecule has 1 aliphatic heterocycles. The van der Waals surface area contributed by atoms with E-state index in [-0.39, 0.29) is 30.0 Å². The number of guanidine groups is 1. The lowest BCUT2D eigenvalue weighted by Crippen LogP contribution is -2.42. The summed E-state index contributed by atoms with van der Waals surface area (Å²) in [4.78, 5) is 8.91. The summed E-state index contributed by atoms with van der Waals surface area (Å²) in [6, 6.07) is 16.0. The van der Waals surface area contributed by atoms with Crippen LogP contribution < -0.4 is 15.4 Å². The lowest BCUT2D eigenvalue weighted by Gasteiger charge is -2.28. The average molecular weight is 553 g/mol. The molecule has 2 N–H and O–H groups in total. The predicted molar refractivity (Wildman–Crippen MR) is 134 cm³/mol. The number of fused-ring (bicyclic) bond motifs is 1. The molecule has 0 radical (unpaired) electrons. The van der Waals surface area contributed by atoms with Crippen molar-refractivity contribution < 1.29 is 9.15 Å². The second kappa shape index (κ2) is 12.0. The van der Waals surface area contributed by atoms with Gasteiger partial charge in [0.15, 0.2) is 5.96 Å². The third-order valence-corrected chi connectivity index (χ3v) is 5.20. The average Bonchev–Trinajstić information content (AvgIpc) is 3.29. The largest absolute Gasteiger partial charge is 0.493 e. The van der Waals surface area contributed by atoms with Gasteiger partial charge < -0.3 is 19.8 Å². The second-order valence-corrected chi connectivity index (χ2v) is 7.48. The summed E-state index contributed by atoms with van der Waals surface area (Å²) in [6.45, 7) is 2.06. The number of furan rings is 1. The van der Waals surface area contributed by atoms with Crippen molar-refractivity contribution in [3.8, 4) is 5.75 Å². The van der Waals surface area contributed by atoms with Crippen molar-refractivity contribution >= 4 is 41.5 Å². The van der Waals surface area contributed by atoms with Crippen LogP contribution in [-0.2, 0) is 12.8 Å². The molecule has 0 saturated heterocycles. The monoisotopic (exact) mass is 552 g/mol. The fourth-order valence-corrected chi connectivity index (χ4v) is 3.53. The smallest absolute Gasteiger partial charge is 0.191 e.